The molecule has 8 nitrogen and oxygen atoms in total. The molecule has 2 rings (SSSR count). The van der Waals surface area contributed by atoms with Gasteiger partial charge in [-0.15, -0.1) is 0 Å². The van der Waals surface area contributed by atoms with Crippen molar-refractivity contribution in [3.05, 3.63) is 71.8 Å². The third-order valence-corrected chi connectivity index (χ3v) is 3.08. The Morgan fingerprint density at radius 2 is 0.846 bits per heavy atom. The van der Waals surface area contributed by atoms with Gasteiger partial charge in [-0.2, -0.15) is 0 Å². The predicted octanol–water partition coefficient (Wildman–Crippen LogP) is 0.630. The molecule has 0 fully saturated rings. The van der Waals surface area contributed by atoms with Gasteiger partial charge in [0.1, 0.15) is 0 Å². The Kier molecular flexibility index (Phi) is 7.81. The first-order valence-electron chi connectivity index (χ1n) is 7.26. The second-order valence-corrected chi connectivity index (χ2v) is 4.96. The molecular weight excluding hydrogens is 344 g/mol. The fraction of sp³-hybridized carbons (Fsp3) is 0.111. The summed E-state index contributed by atoms with van der Waals surface area (Å²) in [6.07, 6.45) is -4.53. The molecule has 2 aromatic rings. The number of ketones is 2. The number of carboxylic acid groups (broad SMARTS) is 2. The lowest BCUT2D eigenvalue weighted by Crippen LogP contribution is -2.39. The zero-order valence-corrected chi connectivity index (χ0v) is 13.4. The molecule has 0 radical (unpaired) electrons. The van der Waals surface area contributed by atoms with Crippen molar-refractivity contribution in [2.75, 3.05) is 0 Å². The Morgan fingerprint density at radius 1 is 0.577 bits per heavy atom. The van der Waals surface area contributed by atoms with Crippen molar-refractivity contribution < 1.29 is 39.6 Å². The third kappa shape index (κ3) is 5.93. The van der Waals surface area contributed by atoms with Gasteiger partial charge in [0.15, 0.2) is 12.2 Å². The van der Waals surface area contributed by atoms with Crippen LogP contribution in [0.1, 0.15) is 20.7 Å². The fourth-order valence-electron chi connectivity index (χ4n) is 1.71. The van der Waals surface area contributed by atoms with E-state index >= 15 is 0 Å². The van der Waals surface area contributed by atoms with Crippen LogP contribution in [0.5, 0.6) is 0 Å². The summed E-state index contributed by atoms with van der Waals surface area (Å²) in [4.78, 5) is 43.1. The molecule has 0 aromatic heterocycles. The zero-order valence-electron chi connectivity index (χ0n) is 13.4. The monoisotopic (exact) mass is 360 g/mol. The van der Waals surface area contributed by atoms with E-state index in [1.165, 1.54) is 0 Å². The van der Waals surface area contributed by atoms with Crippen molar-refractivity contribution in [1.82, 2.24) is 0 Å². The van der Waals surface area contributed by atoms with Gasteiger partial charge in [-0.05, 0) is 0 Å². The van der Waals surface area contributed by atoms with Crippen LogP contribution in [0.2, 0.25) is 0 Å². The van der Waals surface area contributed by atoms with Crippen LogP contribution in [-0.2, 0) is 9.59 Å². The van der Waals surface area contributed by atoms with E-state index in [2.05, 4.69) is 0 Å². The van der Waals surface area contributed by atoms with E-state index in [1.807, 2.05) is 12.1 Å². The van der Waals surface area contributed by atoms with Crippen molar-refractivity contribution in [2.45, 2.75) is 12.2 Å². The maximum Gasteiger partial charge on any atom is 0.335 e. The Morgan fingerprint density at radius 3 is 1.08 bits per heavy atom. The third-order valence-electron chi connectivity index (χ3n) is 3.08. The van der Waals surface area contributed by atoms with Gasteiger partial charge < -0.3 is 20.4 Å². The Labute approximate surface area is 148 Å². The molecule has 0 spiro atoms. The maximum atomic E-state index is 11.8. The van der Waals surface area contributed by atoms with Crippen LogP contribution in [0, 0.1) is 0 Å². The molecule has 0 aliphatic carbocycles. The molecule has 0 saturated carbocycles. The minimum Gasteiger partial charge on any atom is -0.479 e. The quantitative estimate of drug-likeness (QED) is 0.433. The highest BCUT2D eigenvalue weighted by Gasteiger charge is 2.29. The number of aliphatic hydroxyl groups is 2. The minimum absolute atomic E-state index is 0.427. The molecule has 136 valence electrons. The summed E-state index contributed by atoms with van der Waals surface area (Å²) >= 11 is 0. The molecule has 0 aliphatic heterocycles. The highest BCUT2D eigenvalue weighted by Crippen LogP contribution is 2.07. The average Bonchev–Trinajstić information content (AvgIpc) is 2.67. The van der Waals surface area contributed by atoms with Gasteiger partial charge in [-0.3, -0.25) is 9.59 Å². The lowest BCUT2D eigenvalue weighted by Gasteiger charge is -2.07. The summed E-state index contributed by atoms with van der Waals surface area (Å²) < 4.78 is 0. The number of Topliss-reactive ketones (excluding diaryl/α,β-unsaturated/α-hetero) is 2. The molecule has 0 amide bonds. The highest BCUT2D eigenvalue weighted by molar-refractivity contribution is 6.49. The van der Waals surface area contributed by atoms with E-state index in [0.717, 1.165) is 0 Å². The van der Waals surface area contributed by atoms with E-state index in [1.54, 1.807) is 48.5 Å². The summed E-state index contributed by atoms with van der Waals surface area (Å²) in [5, 5.41) is 32.5. The van der Waals surface area contributed by atoms with Crippen LogP contribution >= 0.6 is 0 Å². The number of carbonyl (C=O) groups is 4. The molecule has 0 unspecified atom stereocenters. The number of carbonyl (C=O) groups excluding carboxylic acids is 2. The second kappa shape index (κ2) is 9.82. The first-order chi connectivity index (χ1) is 12.3. The number of benzene rings is 2. The standard InChI is InChI=1S/C14H10O2.C4H6O6/c15-13(11-7-3-1-4-8-11)14(16)12-9-5-2-6-10-12;5-1(3(7)8)2(6)4(9)10/h1-10H;1-2,5-6H,(H,7,8)(H,9,10)/t;1-,2-/m.0/s1. The van der Waals surface area contributed by atoms with Gasteiger partial charge in [0, 0.05) is 11.1 Å². The molecule has 0 aliphatic rings. The van der Waals surface area contributed by atoms with Crippen LogP contribution in [0.3, 0.4) is 0 Å². The molecule has 0 heterocycles. The van der Waals surface area contributed by atoms with Gasteiger partial charge in [0.2, 0.25) is 11.6 Å². The largest absolute Gasteiger partial charge is 0.479 e. The number of rotatable bonds is 6. The van der Waals surface area contributed by atoms with Crippen LogP contribution in [-0.4, -0.2) is 56.1 Å². The topological polar surface area (TPSA) is 149 Å². The molecule has 2 aromatic carbocycles. The van der Waals surface area contributed by atoms with Crippen molar-refractivity contribution in [3.8, 4) is 0 Å². The molecule has 4 N–H and O–H groups in total. The van der Waals surface area contributed by atoms with Gasteiger partial charge in [-0.25, -0.2) is 9.59 Å². The Bertz CT molecular complexity index is 703. The zero-order chi connectivity index (χ0) is 19.7. The van der Waals surface area contributed by atoms with Crippen LogP contribution < -0.4 is 0 Å². The smallest absolute Gasteiger partial charge is 0.335 e. The summed E-state index contributed by atoms with van der Waals surface area (Å²) in [5.74, 6) is -4.47. The van der Waals surface area contributed by atoms with E-state index < -0.39 is 35.7 Å². The summed E-state index contributed by atoms with van der Waals surface area (Å²) in [6, 6.07) is 17.2. The molecule has 8 heteroatoms. The van der Waals surface area contributed by atoms with Crippen LogP contribution in [0.25, 0.3) is 0 Å². The van der Waals surface area contributed by atoms with Gasteiger partial charge in [0.25, 0.3) is 0 Å². The van der Waals surface area contributed by atoms with Crippen LogP contribution in [0.4, 0.5) is 0 Å². The second-order valence-electron chi connectivity index (χ2n) is 4.96. The van der Waals surface area contributed by atoms with E-state index in [4.69, 9.17) is 20.4 Å². The van der Waals surface area contributed by atoms with E-state index in [-0.39, 0.29) is 0 Å². The lowest BCUT2D eigenvalue weighted by molar-refractivity contribution is -0.165. The van der Waals surface area contributed by atoms with Crippen molar-refractivity contribution in [2.24, 2.45) is 0 Å². The summed E-state index contributed by atoms with van der Waals surface area (Å²) in [5.41, 5.74) is 0.854. The van der Waals surface area contributed by atoms with Gasteiger partial charge >= 0.3 is 11.9 Å². The number of aliphatic hydroxyl groups excluding tert-OH is 2. The number of hydrogen-bond donors (Lipinski definition) is 4. The number of carboxylic acids is 2. The average molecular weight is 360 g/mol. The maximum absolute atomic E-state index is 11.8. The van der Waals surface area contributed by atoms with Crippen molar-refractivity contribution in [3.63, 3.8) is 0 Å². The fourth-order valence-corrected chi connectivity index (χ4v) is 1.71. The predicted molar refractivity (Wildman–Crippen MR) is 88.8 cm³/mol. The number of hydrogen-bond acceptors (Lipinski definition) is 6. The SMILES string of the molecule is O=C(C(=O)c1ccccc1)c1ccccc1.O=C(O)[C@@H](O)[C@H](O)C(=O)O. The van der Waals surface area contributed by atoms with Crippen LogP contribution in [0.15, 0.2) is 60.7 Å². The van der Waals surface area contributed by atoms with Crippen molar-refractivity contribution >= 4 is 23.5 Å². The highest BCUT2D eigenvalue weighted by atomic mass is 16.4. The molecule has 0 bridgehead atoms. The summed E-state index contributed by atoms with van der Waals surface area (Å²) in [6.45, 7) is 0. The van der Waals surface area contributed by atoms with Gasteiger partial charge in [-0.1, -0.05) is 60.7 Å². The van der Waals surface area contributed by atoms with Crippen molar-refractivity contribution in [1.29, 1.82) is 0 Å². The minimum atomic E-state index is -2.27. The first kappa shape index (κ1) is 20.7. The first-order valence-corrected chi connectivity index (χ1v) is 7.26. The molecule has 26 heavy (non-hydrogen) atoms. The lowest BCUT2D eigenvalue weighted by atomic mass is 10.0. The van der Waals surface area contributed by atoms with E-state index in [9.17, 15) is 19.2 Å². The van der Waals surface area contributed by atoms with Gasteiger partial charge in [0.05, 0.1) is 0 Å². The number of aliphatic carboxylic acids is 2. The Hall–Kier alpha value is -3.36. The molecule has 2 atom stereocenters. The normalized spacial score (nSPS) is 12.1. The summed E-state index contributed by atoms with van der Waals surface area (Å²) in [7, 11) is 0. The molecular formula is C18H16O8. The molecule has 0 saturated heterocycles. The Balaban J connectivity index is 0.000000294. The van der Waals surface area contributed by atoms with E-state index in [0.29, 0.717) is 11.1 Å².